The molecule has 0 aliphatic heterocycles. The third kappa shape index (κ3) is 3.34. The lowest BCUT2D eigenvalue weighted by atomic mass is 9.89. The molecule has 0 radical (unpaired) electrons. The van der Waals surface area contributed by atoms with Crippen LogP contribution in [0.3, 0.4) is 0 Å². The monoisotopic (exact) mass is 276 g/mol. The first-order chi connectivity index (χ1) is 9.33. The van der Waals surface area contributed by atoms with Crippen molar-refractivity contribution in [1.29, 1.82) is 0 Å². The quantitative estimate of drug-likeness (QED) is 0.608. The largest absolute Gasteiger partial charge is 0.118 e. The molecule has 2 aliphatic rings. The van der Waals surface area contributed by atoms with Crippen LogP contribution >= 0.6 is 11.6 Å². The molecule has 0 amide bonds. The first-order valence-electron chi connectivity index (χ1n) is 8.09. The summed E-state index contributed by atoms with van der Waals surface area (Å²) in [6.07, 6.45) is 13.5. The number of halogens is 1. The fraction of sp³-hybridized carbons (Fsp3) is 0.667. The van der Waals surface area contributed by atoms with E-state index in [1.54, 1.807) is 11.1 Å². The molecule has 1 aromatic rings. The van der Waals surface area contributed by atoms with Gasteiger partial charge in [-0.1, -0.05) is 43.9 Å². The highest BCUT2D eigenvalue weighted by Crippen LogP contribution is 2.35. The molecule has 0 N–H and O–H groups in total. The van der Waals surface area contributed by atoms with Gasteiger partial charge in [-0.2, -0.15) is 0 Å². The molecule has 0 bridgehead atoms. The fourth-order valence-electron chi connectivity index (χ4n) is 3.80. The van der Waals surface area contributed by atoms with Crippen LogP contribution in [0.2, 0.25) is 0 Å². The summed E-state index contributed by atoms with van der Waals surface area (Å²) in [5, 5.41) is 0.229. The Morgan fingerprint density at radius 3 is 2.53 bits per heavy atom. The van der Waals surface area contributed by atoms with Crippen molar-refractivity contribution >= 4 is 11.6 Å². The SMILES string of the molecule is ClC(CCC1CCCC1)c1ccc2c(c1)CCCC2. The molecule has 19 heavy (non-hydrogen) atoms. The van der Waals surface area contributed by atoms with E-state index in [1.807, 2.05) is 0 Å². The molecule has 0 nitrogen and oxygen atoms in total. The Morgan fingerprint density at radius 2 is 1.74 bits per heavy atom. The van der Waals surface area contributed by atoms with Gasteiger partial charge in [-0.3, -0.25) is 0 Å². The molecule has 0 spiro atoms. The van der Waals surface area contributed by atoms with Crippen LogP contribution in [-0.2, 0) is 12.8 Å². The molecule has 1 aromatic carbocycles. The standard InChI is InChI=1S/C18H25Cl/c19-18(12-9-14-5-1-2-6-14)17-11-10-15-7-3-4-8-16(15)13-17/h10-11,13-14,18H,1-9,12H2. The van der Waals surface area contributed by atoms with Crippen molar-refractivity contribution in [3.63, 3.8) is 0 Å². The molecule has 0 aromatic heterocycles. The topological polar surface area (TPSA) is 0 Å². The van der Waals surface area contributed by atoms with Crippen LogP contribution in [0.1, 0.15) is 73.4 Å². The molecule has 3 rings (SSSR count). The number of rotatable bonds is 4. The number of hydrogen-bond acceptors (Lipinski definition) is 0. The van der Waals surface area contributed by atoms with Crippen molar-refractivity contribution in [1.82, 2.24) is 0 Å². The van der Waals surface area contributed by atoms with Crippen LogP contribution in [0.5, 0.6) is 0 Å². The third-order valence-corrected chi connectivity index (χ3v) is 5.51. The van der Waals surface area contributed by atoms with E-state index in [9.17, 15) is 0 Å². The Hall–Kier alpha value is -0.490. The van der Waals surface area contributed by atoms with Gasteiger partial charge < -0.3 is 0 Å². The van der Waals surface area contributed by atoms with Crippen molar-refractivity contribution in [2.75, 3.05) is 0 Å². The Bertz CT molecular complexity index is 418. The van der Waals surface area contributed by atoms with Crippen LogP contribution in [0, 0.1) is 5.92 Å². The Kier molecular flexibility index (Phi) is 4.48. The maximum absolute atomic E-state index is 6.63. The summed E-state index contributed by atoms with van der Waals surface area (Å²) in [6.45, 7) is 0. The fourth-order valence-corrected chi connectivity index (χ4v) is 4.06. The van der Waals surface area contributed by atoms with Crippen LogP contribution in [0.15, 0.2) is 18.2 Å². The van der Waals surface area contributed by atoms with Gasteiger partial charge in [0.05, 0.1) is 5.38 Å². The molecule has 1 fully saturated rings. The zero-order valence-electron chi connectivity index (χ0n) is 11.8. The molecule has 104 valence electrons. The zero-order valence-corrected chi connectivity index (χ0v) is 12.6. The molecule has 0 saturated heterocycles. The normalized spacial score (nSPS) is 21.3. The second-order valence-electron chi connectivity index (χ2n) is 6.43. The lowest BCUT2D eigenvalue weighted by molar-refractivity contribution is 0.479. The summed E-state index contributed by atoms with van der Waals surface area (Å²) in [5.74, 6) is 0.957. The molecule has 2 aliphatic carbocycles. The Morgan fingerprint density at radius 1 is 1.00 bits per heavy atom. The highest BCUT2D eigenvalue weighted by atomic mass is 35.5. The Labute approximate surface area is 122 Å². The highest BCUT2D eigenvalue weighted by Gasteiger charge is 2.18. The van der Waals surface area contributed by atoms with Crippen molar-refractivity contribution < 1.29 is 0 Å². The second kappa shape index (κ2) is 6.31. The van der Waals surface area contributed by atoms with Crippen LogP contribution in [0.4, 0.5) is 0 Å². The molecule has 1 unspecified atom stereocenters. The average molecular weight is 277 g/mol. The molecule has 0 heterocycles. The number of fused-ring (bicyclic) bond motifs is 1. The van der Waals surface area contributed by atoms with Crippen LogP contribution < -0.4 is 0 Å². The van der Waals surface area contributed by atoms with Gasteiger partial charge in [0, 0.05) is 0 Å². The van der Waals surface area contributed by atoms with E-state index in [0.29, 0.717) is 0 Å². The van der Waals surface area contributed by atoms with E-state index in [-0.39, 0.29) is 5.38 Å². The number of benzene rings is 1. The number of hydrogen-bond donors (Lipinski definition) is 0. The predicted octanol–water partition coefficient (Wildman–Crippen LogP) is 5.82. The predicted molar refractivity (Wildman–Crippen MR) is 82.9 cm³/mol. The minimum atomic E-state index is 0.229. The summed E-state index contributed by atoms with van der Waals surface area (Å²) in [5.41, 5.74) is 4.49. The van der Waals surface area contributed by atoms with Gasteiger partial charge in [0.15, 0.2) is 0 Å². The second-order valence-corrected chi connectivity index (χ2v) is 6.96. The zero-order chi connectivity index (χ0) is 13.1. The van der Waals surface area contributed by atoms with Gasteiger partial charge in [-0.25, -0.2) is 0 Å². The number of alkyl halides is 1. The minimum Gasteiger partial charge on any atom is -0.118 e. The van der Waals surface area contributed by atoms with Gasteiger partial charge in [-0.05, 0) is 61.1 Å². The number of aryl methyl sites for hydroxylation is 2. The summed E-state index contributed by atoms with van der Waals surface area (Å²) in [7, 11) is 0. The van der Waals surface area contributed by atoms with Gasteiger partial charge >= 0.3 is 0 Å². The highest BCUT2D eigenvalue weighted by molar-refractivity contribution is 6.20. The molecule has 1 heteroatoms. The molecular weight excluding hydrogens is 252 g/mol. The Balaban J connectivity index is 1.60. The van der Waals surface area contributed by atoms with Crippen molar-refractivity contribution in [3.8, 4) is 0 Å². The van der Waals surface area contributed by atoms with Crippen LogP contribution in [0.25, 0.3) is 0 Å². The third-order valence-electron chi connectivity index (χ3n) is 5.04. The minimum absolute atomic E-state index is 0.229. The van der Waals surface area contributed by atoms with Crippen molar-refractivity contribution in [2.24, 2.45) is 5.92 Å². The summed E-state index contributed by atoms with van der Waals surface area (Å²) < 4.78 is 0. The maximum atomic E-state index is 6.63. The van der Waals surface area contributed by atoms with Crippen molar-refractivity contribution in [3.05, 3.63) is 34.9 Å². The molecule has 1 saturated carbocycles. The first kappa shape index (κ1) is 13.5. The first-order valence-corrected chi connectivity index (χ1v) is 8.52. The van der Waals surface area contributed by atoms with E-state index in [0.717, 1.165) is 12.3 Å². The smallest absolute Gasteiger partial charge is 0.0585 e. The van der Waals surface area contributed by atoms with E-state index in [4.69, 9.17) is 11.6 Å². The lowest BCUT2D eigenvalue weighted by Gasteiger charge is -2.19. The average Bonchev–Trinajstić information content (AvgIpc) is 2.97. The van der Waals surface area contributed by atoms with Gasteiger partial charge in [-0.15, -0.1) is 11.6 Å². The van der Waals surface area contributed by atoms with Gasteiger partial charge in [0.1, 0.15) is 0 Å². The molecular formula is C18H25Cl. The van der Waals surface area contributed by atoms with E-state index >= 15 is 0 Å². The lowest BCUT2D eigenvalue weighted by Crippen LogP contribution is -2.04. The van der Waals surface area contributed by atoms with Crippen LogP contribution in [-0.4, -0.2) is 0 Å². The van der Waals surface area contributed by atoms with E-state index < -0.39 is 0 Å². The van der Waals surface area contributed by atoms with Crippen molar-refractivity contribution in [2.45, 2.75) is 69.6 Å². The van der Waals surface area contributed by atoms with Gasteiger partial charge in [0.25, 0.3) is 0 Å². The van der Waals surface area contributed by atoms with Gasteiger partial charge in [0.2, 0.25) is 0 Å². The summed E-state index contributed by atoms with van der Waals surface area (Å²) in [4.78, 5) is 0. The van der Waals surface area contributed by atoms with E-state index in [2.05, 4.69) is 18.2 Å². The van der Waals surface area contributed by atoms with E-state index in [1.165, 1.54) is 63.4 Å². The summed E-state index contributed by atoms with van der Waals surface area (Å²) >= 11 is 6.63. The maximum Gasteiger partial charge on any atom is 0.0585 e. The molecule has 1 atom stereocenters. The summed E-state index contributed by atoms with van der Waals surface area (Å²) in [6, 6.07) is 6.99.